The molecule has 3 nitrogen and oxygen atoms in total. The van der Waals surface area contributed by atoms with Gasteiger partial charge in [-0.3, -0.25) is 4.79 Å². The Bertz CT molecular complexity index is 795. The fraction of sp³-hybridized carbons (Fsp3) is 0.222. The number of hydrogen-bond donors (Lipinski definition) is 1. The average Bonchev–Trinajstić information content (AvgIpc) is 3.30. The molecular weight excluding hydrogens is 279 g/mol. The molecule has 4 rings (SSSR count). The van der Waals surface area contributed by atoms with Gasteiger partial charge in [-0.2, -0.15) is 5.10 Å². The van der Waals surface area contributed by atoms with Gasteiger partial charge < -0.3 is 0 Å². The lowest BCUT2D eigenvalue weighted by atomic mass is 9.97. The zero-order valence-corrected chi connectivity index (χ0v) is 12.1. The van der Waals surface area contributed by atoms with E-state index in [1.54, 1.807) is 12.1 Å². The Morgan fingerprint density at radius 2 is 1.82 bits per heavy atom. The topological polar surface area (TPSA) is 41.5 Å². The van der Waals surface area contributed by atoms with E-state index in [0.717, 1.165) is 34.4 Å². The standard InChI is InChI=1S/C18H15FN2O/c1-10-8-13(19)6-7-14(10)11-2-4-12(5-3-11)17-15-9-16(15)18(22)21-20-17/h2-8,15-16H,9H2,1H3,(H,21,22)/t15-,16+/m1/s1. The summed E-state index contributed by atoms with van der Waals surface area (Å²) in [5.74, 6) is 0.191. The molecule has 22 heavy (non-hydrogen) atoms. The predicted octanol–water partition coefficient (Wildman–Crippen LogP) is 3.27. The fourth-order valence-electron chi connectivity index (χ4n) is 3.12. The summed E-state index contributed by atoms with van der Waals surface area (Å²) in [5.41, 5.74) is 7.58. The first-order valence-corrected chi connectivity index (χ1v) is 7.38. The van der Waals surface area contributed by atoms with E-state index in [0.29, 0.717) is 0 Å². The van der Waals surface area contributed by atoms with E-state index in [9.17, 15) is 9.18 Å². The molecule has 110 valence electrons. The van der Waals surface area contributed by atoms with Crippen molar-refractivity contribution >= 4 is 11.6 Å². The van der Waals surface area contributed by atoms with E-state index in [4.69, 9.17) is 0 Å². The maximum absolute atomic E-state index is 13.2. The first-order valence-electron chi connectivity index (χ1n) is 7.38. The highest BCUT2D eigenvalue weighted by Gasteiger charge is 2.49. The summed E-state index contributed by atoms with van der Waals surface area (Å²) in [5, 5.41) is 4.20. The van der Waals surface area contributed by atoms with Gasteiger partial charge >= 0.3 is 0 Å². The number of nitrogens with zero attached hydrogens (tertiary/aromatic N) is 1. The molecule has 2 aliphatic rings. The number of amides is 1. The van der Waals surface area contributed by atoms with Crippen molar-refractivity contribution in [1.82, 2.24) is 5.43 Å². The third-order valence-electron chi connectivity index (χ3n) is 4.45. The number of fused-ring (bicyclic) bond motifs is 1. The SMILES string of the molecule is Cc1cc(F)ccc1-c1ccc(C2=NNC(=O)[C@H]3C[C@@H]23)cc1. The van der Waals surface area contributed by atoms with Gasteiger partial charge in [0.05, 0.1) is 5.71 Å². The van der Waals surface area contributed by atoms with Gasteiger partial charge in [0.25, 0.3) is 0 Å². The molecule has 2 aromatic rings. The van der Waals surface area contributed by atoms with Gasteiger partial charge in [-0.1, -0.05) is 30.3 Å². The summed E-state index contributed by atoms with van der Waals surface area (Å²) in [6, 6.07) is 12.9. The number of halogens is 1. The lowest BCUT2D eigenvalue weighted by Gasteiger charge is -2.12. The normalized spacial score (nSPS) is 22.6. The molecular formula is C18H15FN2O. The Labute approximate surface area is 127 Å². The summed E-state index contributed by atoms with van der Waals surface area (Å²) in [6.07, 6.45) is 0.892. The van der Waals surface area contributed by atoms with Crippen LogP contribution >= 0.6 is 0 Å². The predicted molar refractivity (Wildman–Crippen MR) is 82.8 cm³/mol. The minimum atomic E-state index is -0.218. The molecule has 1 heterocycles. The Balaban J connectivity index is 1.65. The molecule has 0 saturated heterocycles. The quantitative estimate of drug-likeness (QED) is 0.907. The van der Waals surface area contributed by atoms with Crippen LogP contribution in [0.1, 0.15) is 17.5 Å². The van der Waals surface area contributed by atoms with Crippen LogP contribution in [-0.4, -0.2) is 11.6 Å². The largest absolute Gasteiger partial charge is 0.273 e. The van der Waals surface area contributed by atoms with Crippen LogP contribution in [0, 0.1) is 24.6 Å². The molecule has 1 fully saturated rings. The van der Waals surface area contributed by atoms with E-state index < -0.39 is 0 Å². The number of nitrogens with one attached hydrogen (secondary N) is 1. The zero-order chi connectivity index (χ0) is 15.3. The molecule has 2 atom stereocenters. The third-order valence-corrected chi connectivity index (χ3v) is 4.45. The van der Waals surface area contributed by atoms with Crippen LogP contribution < -0.4 is 5.43 Å². The van der Waals surface area contributed by atoms with Crippen molar-refractivity contribution in [2.45, 2.75) is 13.3 Å². The molecule has 1 N–H and O–H groups in total. The monoisotopic (exact) mass is 294 g/mol. The van der Waals surface area contributed by atoms with Crippen LogP contribution in [0.2, 0.25) is 0 Å². The number of hydrogen-bond acceptors (Lipinski definition) is 2. The van der Waals surface area contributed by atoms with Gasteiger partial charge in [0.2, 0.25) is 5.91 Å². The molecule has 0 unspecified atom stereocenters. The molecule has 1 saturated carbocycles. The van der Waals surface area contributed by atoms with Gasteiger partial charge in [-0.25, -0.2) is 9.82 Å². The Kier molecular flexibility index (Phi) is 2.86. The molecule has 2 aromatic carbocycles. The number of carbonyl (C=O) groups excluding carboxylic acids is 1. The fourth-order valence-corrected chi connectivity index (χ4v) is 3.12. The second kappa shape index (κ2) is 4.77. The number of hydrazone groups is 1. The highest BCUT2D eigenvalue weighted by atomic mass is 19.1. The van der Waals surface area contributed by atoms with Crippen molar-refractivity contribution in [3.8, 4) is 11.1 Å². The maximum Gasteiger partial charge on any atom is 0.243 e. The lowest BCUT2D eigenvalue weighted by molar-refractivity contribution is -0.122. The number of benzene rings is 2. The minimum absolute atomic E-state index is 0.0345. The first-order chi connectivity index (χ1) is 10.6. The zero-order valence-electron chi connectivity index (χ0n) is 12.1. The summed E-state index contributed by atoms with van der Waals surface area (Å²) >= 11 is 0. The minimum Gasteiger partial charge on any atom is -0.273 e. The van der Waals surface area contributed by atoms with Gasteiger partial charge in [0.1, 0.15) is 5.82 Å². The smallest absolute Gasteiger partial charge is 0.243 e. The molecule has 0 radical (unpaired) electrons. The van der Waals surface area contributed by atoms with Gasteiger partial charge in [0, 0.05) is 11.8 Å². The van der Waals surface area contributed by atoms with Crippen molar-refractivity contribution in [1.29, 1.82) is 0 Å². The summed E-state index contributed by atoms with van der Waals surface area (Å²) in [4.78, 5) is 11.5. The molecule has 0 bridgehead atoms. The highest BCUT2D eigenvalue weighted by molar-refractivity contribution is 6.09. The van der Waals surface area contributed by atoms with E-state index in [2.05, 4.69) is 10.5 Å². The van der Waals surface area contributed by atoms with E-state index >= 15 is 0 Å². The van der Waals surface area contributed by atoms with Crippen LogP contribution in [0.25, 0.3) is 11.1 Å². The molecule has 1 amide bonds. The van der Waals surface area contributed by atoms with Crippen LogP contribution in [0.4, 0.5) is 4.39 Å². The van der Waals surface area contributed by atoms with Crippen LogP contribution in [-0.2, 0) is 4.79 Å². The summed E-state index contributed by atoms with van der Waals surface area (Å²) < 4.78 is 13.2. The summed E-state index contributed by atoms with van der Waals surface area (Å²) in [6.45, 7) is 1.90. The van der Waals surface area contributed by atoms with Crippen LogP contribution in [0.3, 0.4) is 0 Å². The maximum atomic E-state index is 13.2. The van der Waals surface area contributed by atoms with Gasteiger partial charge in [-0.05, 0) is 47.7 Å². The number of rotatable bonds is 2. The lowest BCUT2D eigenvalue weighted by Crippen LogP contribution is -2.28. The highest BCUT2D eigenvalue weighted by Crippen LogP contribution is 2.43. The van der Waals surface area contributed by atoms with E-state index in [1.807, 2.05) is 31.2 Å². The third kappa shape index (κ3) is 2.11. The molecule has 1 aliphatic carbocycles. The average molecular weight is 294 g/mol. The van der Waals surface area contributed by atoms with E-state index in [1.165, 1.54) is 6.07 Å². The van der Waals surface area contributed by atoms with Crippen molar-refractivity contribution in [3.63, 3.8) is 0 Å². The Hall–Kier alpha value is -2.49. The molecule has 4 heteroatoms. The second-order valence-electron chi connectivity index (χ2n) is 5.96. The second-order valence-corrected chi connectivity index (χ2v) is 5.96. The Morgan fingerprint density at radius 3 is 2.55 bits per heavy atom. The number of aryl methyl sites for hydroxylation is 1. The van der Waals surface area contributed by atoms with E-state index in [-0.39, 0.29) is 23.6 Å². The molecule has 0 aromatic heterocycles. The van der Waals surface area contributed by atoms with Crippen LogP contribution in [0.15, 0.2) is 47.6 Å². The first kappa shape index (κ1) is 13.2. The van der Waals surface area contributed by atoms with Crippen molar-refractivity contribution in [3.05, 3.63) is 59.4 Å². The van der Waals surface area contributed by atoms with Gasteiger partial charge in [-0.15, -0.1) is 0 Å². The number of carbonyl (C=O) groups is 1. The van der Waals surface area contributed by atoms with Gasteiger partial charge in [0.15, 0.2) is 0 Å². The summed E-state index contributed by atoms with van der Waals surface area (Å²) in [7, 11) is 0. The Morgan fingerprint density at radius 1 is 1.09 bits per heavy atom. The van der Waals surface area contributed by atoms with Crippen molar-refractivity contribution < 1.29 is 9.18 Å². The van der Waals surface area contributed by atoms with Crippen LogP contribution in [0.5, 0.6) is 0 Å². The van der Waals surface area contributed by atoms with Crippen molar-refractivity contribution in [2.75, 3.05) is 0 Å². The van der Waals surface area contributed by atoms with Crippen molar-refractivity contribution in [2.24, 2.45) is 16.9 Å². The molecule has 0 spiro atoms. The molecule has 1 aliphatic heterocycles.